The SMILES string of the molecule is CCc1cccc(-n2nnn(C)c2=O)c1COc1ccc(C(C)=NOC)cc1C. The fourth-order valence-corrected chi connectivity index (χ4v) is 3.16. The van der Waals surface area contributed by atoms with Crippen molar-refractivity contribution in [2.45, 2.75) is 33.8 Å². The molecule has 152 valence electrons. The molecular weight excluding hydrogens is 370 g/mol. The molecule has 2 aromatic carbocycles. The summed E-state index contributed by atoms with van der Waals surface area (Å²) in [6, 6.07) is 11.7. The molecule has 0 aliphatic carbocycles. The first kappa shape index (κ1) is 20.3. The highest BCUT2D eigenvalue weighted by Gasteiger charge is 2.15. The lowest BCUT2D eigenvalue weighted by Gasteiger charge is -2.15. The zero-order chi connectivity index (χ0) is 21.0. The lowest BCUT2D eigenvalue weighted by atomic mass is 10.0. The summed E-state index contributed by atoms with van der Waals surface area (Å²) in [5.41, 5.74) is 5.14. The van der Waals surface area contributed by atoms with Crippen LogP contribution < -0.4 is 10.4 Å². The summed E-state index contributed by atoms with van der Waals surface area (Å²) in [6.07, 6.45) is 0.812. The van der Waals surface area contributed by atoms with Crippen molar-refractivity contribution in [1.29, 1.82) is 0 Å². The molecule has 0 radical (unpaired) electrons. The molecule has 0 fully saturated rings. The third-order valence-corrected chi connectivity index (χ3v) is 4.77. The van der Waals surface area contributed by atoms with Gasteiger partial charge in [-0.1, -0.05) is 24.2 Å². The van der Waals surface area contributed by atoms with E-state index in [1.165, 1.54) is 16.5 Å². The Kier molecular flexibility index (Phi) is 6.11. The number of ether oxygens (including phenoxy) is 1. The van der Waals surface area contributed by atoms with Crippen LogP contribution in [0.4, 0.5) is 0 Å². The van der Waals surface area contributed by atoms with E-state index in [0.717, 1.165) is 40.1 Å². The van der Waals surface area contributed by atoms with Gasteiger partial charge in [0.25, 0.3) is 0 Å². The highest BCUT2D eigenvalue weighted by molar-refractivity contribution is 5.98. The summed E-state index contributed by atoms with van der Waals surface area (Å²) in [5.74, 6) is 0.766. The van der Waals surface area contributed by atoms with E-state index in [1.54, 1.807) is 7.05 Å². The molecule has 0 bridgehead atoms. The van der Waals surface area contributed by atoms with Crippen molar-refractivity contribution in [1.82, 2.24) is 19.8 Å². The van der Waals surface area contributed by atoms with Crippen LogP contribution in [-0.2, 0) is 24.9 Å². The lowest BCUT2D eigenvalue weighted by Crippen LogP contribution is -2.23. The number of aryl methyl sites for hydroxylation is 3. The molecule has 1 aromatic heterocycles. The Hall–Kier alpha value is -3.42. The molecule has 0 N–H and O–H groups in total. The third kappa shape index (κ3) is 4.21. The first-order chi connectivity index (χ1) is 14.0. The van der Waals surface area contributed by atoms with E-state index in [2.05, 4.69) is 22.5 Å². The van der Waals surface area contributed by atoms with Crippen molar-refractivity contribution in [3.05, 3.63) is 69.1 Å². The fraction of sp³-hybridized carbons (Fsp3) is 0.333. The van der Waals surface area contributed by atoms with Crippen LogP contribution in [0.1, 0.15) is 36.1 Å². The van der Waals surface area contributed by atoms with Crippen molar-refractivity contribution in [2.75, 3.05) is 7.11 Å². The van der Waals surface area contributed by atoms with Gasteiger partial charge in [0, 0.05) is 12.6 Å². The second kappa shape index (κ2) is 8.72. The smallest absolute Gasteiger partial charge is 0.368 e. The van der Waals surface area contributed by atoms with E-state index < -0.39 is 0 Å². The predicted octanol–water partition coefficient (Wildman–Crippen LogP) is 2.79. The molecule has 0 spiro atoms. The van der Waals surface area contributed by atoms with E-state index in [9.17, 15) is 4.79 Å². The zero-order valence-corrected chi connectivity index (χ0v) is 17.3. The molecule has 0 aliphatic rings. The van der Waals surface area contributed by atoms with Crippen LogP contribution in [0, 0.1) is 6.92 Å². The van der Waals surface area contributed by atoms with Gasteiger partial charge in [-0.15, -0.1) is 0 Å². The maximum atomic E-state index is 12.3. The number of benzene rings is 2. The van der Waals surface area contributed by atoms with Crippen molar-refractivity contribution < 1.29 is 9.57 Å². The molecule has 0 saturated heterocycles. The highest BCUT2D eigenvalue weighted by atomic mass is 16.6. The number of rotatable bonds is 7. The average molecular weight is 395 g/mol. The summed E-state index contributed by atoms with van der Waals surface area (Å²) in [5, 5.41) is 11.8. The molecule has 1 heterocycles. The maximum Gasteiger partial charge on any atom is 0.368 e. The van der Waals surface area contributed by atoms with Crippen LogP contribution in [0.25, 0.3) is 5.69 Å². The molecule has 0 unspecified atom stereocenters. The summed E-state index contributed by atoms with van der Waals surface area (Å²) in [4.78, 5) is 17.2. The van der Waals surface area contributed by atoms with Gasteiger partial charge in [-0.2, -0.15) is 9.36 Å². The minimum Gasteiger partial charge on any atom is -0.489 e. The third-order valence-electron chi connectivity index (χ3n) is 4.77. The van der Waals surface area contributed by atoms with Crippen molar-refractivity contribution in [2.24, 2.45) is 12.2 Å². The normalized spacial score (nSPS) is 11.6. The molecule has 0 aliphatic heterocycles. The van der Waals surface area contributed by atoms with Crippen LogP contribution >= 0.6 is 0 Å². The highest BCUT2D eigenvalue weighted by Crippen LogP contribution is 2.24. The molecule has 0 amide bonds. The Bertz CT molecular complexity index is 1100. The van der Waals surface area contributed by atoms with Crippen LogP contribution in [0.2, 0.25) is 0 Å². The number of oxime groups is 1. The topological polar surface area (TPSA) is 83.5 Å². The van der Waals surface area contributed by atoms with E-state index in [4.69, 9.17) is 9.57 Å². The number of nitrogens with zero attached hydrogens (tertiary/aromatic N) is 5. The fourth-order valence-electron chi connectivity index (χ4n) is 3.16. The zero-order valence-electron chi connectivity index (χ0n) is 17.3. The molecule has 29 heavy (non-hydrogen) atoms. The first-order valence-corrected chi connectivity index (χ1v) is 9.38. The Labute approximate surface area is 169 Å². The van der Waals surface area contributed by atoms with Crippen molar-refractivity contribution in [3.63, 3.8) is 0 Å². The Balaban J connectivity index is 1.92. The van der Waals surface area contributed by atoms with E-state index in [1.807, 2.05) is 50.2 Å². The number of hydrogen-bond donors (Lipinski definition) is 0. The van der Waals surface area contributed by atoms with Gasteiger partial charge in [-0.3, -0.25) is 0 Å². The monoisotopic (exact) mass is 395 g/mol. The van der Waals surface area contributed by atoms with Gasteiger partial charge in [0.15, 0.2) is 0 Å². The summed E-state index contributed by atoms with van der Waals surface area (Å²) >= 11 is 0. The predicted molar refractivity (Wildman–Crippen MR) is 111 cm³/mol. The van der Waals surface area contributed by atoms with Gasteiger partial charge in [-0.05, 0) is 71.7 Å². The Morgan fingerprint density at radius 3 is 2.62 bits per heavy atom. The summed E-state index contributed by atoms with van der Waals surface area (Å²) in [6.45, 7) is 6.26. The molecule has 0 saturated carbocycles. The largest absolute Gasteiger partial charge is 0.489 e. The molecule has 3 aromatic rings. The maximum absolute atomic E-state index is 12.3. The van der Waals surface area contributed by atoms with Crippen molar-refractivity contribution >= 4 is 5.71 Å². The van der Waals surface area contributed by atoms with E-state index in [0.29, 0.717) is 12.3 Å². The molecule has 0 atom stereocenters. The molecular formula is C21H25N5O3. The second-order valence-electron chi connectivity index (χ2n) is 6.69. The molecule has 8 nitrogen and oxygen atoms in total. The van der Waals surface area contributed by atoms with Gasteiger partial charge in [0.1, 0.15) is 19.5 Å². The minimum atomic E-state index is -0.298. The van der Waals surface area contributed by atoms with Gasteiger partial charge >= 0.3 is 5.69 Å². The van der Waals surface area contributed by atoms with Crippen LogP contribution in [0.3, 0.4) is 0 Å². The standard InChI is InChI=1S/C21H25N5O3/c1-6-16-8-7-9-19(26-21(27)25(4)23-24-26)18(16)13-29-20-11-10-17(12-14(20)2)15(3)22-28-5/h7-12H,6,13H2,1-5H3. The summed E-state index contributed by atoms with van der Waals surface area (Å²) in [7, 11) is 3.10. The minimum absolute atomic E-state index is 0.298. The number of aromatic nitrogens is 4. The van der Waals surface area contributed by atoms with Crippen molar-refractivity contribution in [3.8, 4) is 11.4 Å². The van der Waals surface area contributed by atoms with Gasteiger partial charge in [-0.25, -0.2) is 4.79 Å². The lowest BCUT2D eigenvalue weighted by molar-refractivity contribution is 0.213. The number of tetrazole rings is 1. The van der Waals surface area contributed by atoms with E-state index >= 15 is 0 Å². The van der Waals surface area contributed by atoms with Gasteiger partial charge in [0.2, 0.25) is 0 Å². The Morgan fingerprint density at radius 1 is 1.21 bits per heavy atom. The molecule has 3 rings (SSSR count). The summed E-state index contributed by atoms with van der Waals surface area (Å²) < 4.78 is 8.64. The van der Waals surface area contributed by atoms with Crippen LogP contribution in [-0.4, -0.2) is 32.6 Å². The van der Waals surface area contributed by atoms with Crippen LogP contribution in [0.5, 0.6) is 5.75 Å². The van der Waals surface area contributed by atoms with Gasteiger partial charge < -0.3 is 9.57 Å². The average Bonchev–Trinajstić information content (AvgIpc) is 3.05. The van der Waals surface area contributed by atoms with E-state index in [-0.39, 0.29) is 5.69 Å². The second-order valence-corrected chi connectivity index (χ2v) is 6.69. The van der Waals surface area contributed by atoms with Gasteiger partial charge in [0.05, 0.1) is 11.4 Å². The quantitative estimate of drug-likeness (QED) is 0.454. The first-order valence-electron chi connectivity index (χ1n) is 9.38. The Morgan fingerprint density at radius 2 is 2.00 bits per heavy atom. The molecule has 8 heteroatoms. The number of hydrogen-bond acceptors (Lipinski definition) is 6. The van der Waals surface area contributed by atoms with Crippen LogP contribution in [0.15, 0.2) is 46.3 Å².